The van der Waals surface area contributed by atoms with Gasteiger partial charge in [0.05, 0.1) is 10.5 Å². The molecule has 3 nitrogen and oxygen atoms in total. The number of hydrogen-bond donors (Lipinski definition) is 0. The zero-order valence-corrected chi connectivity index (χ0v) is 14.9. The molecule has 0 bridgehead atoms. The Balaban J connectivity index is 2.51. The highest BCUT2D eigenvalue weighted by molar-refractivity contribution is 9.10. The van der Waals surface area contributed by atoms with Gasteiger partial charge < -0.3 is 4.74 Å². The molecule has 1 aliphatic rings. The maximum Gasteiger partial charge on any atom is 0.145 e. The summed E-state index contributed by atoms with van der Waals surface area (Å²) in [5.41, 5.74) is 1.45. The fourth-order valence-corrected chi connectivity index (χ4v) is 2.97. The van der Waals surface area contributed by atoms with E-state index in [0.717, 1.165) is 21.5 Å². The first-order valence-electron chi connectivity index (χ1n) is 6.57. The SMILES string of the molecule is CC1(C)CC(=NS(=O)C(C)(C)C)c2cc(Br)ccc2O1. The summed E-state index contributed by atoms with van der Waals surface area (Å²) in [4.78, 5) is 0. The van der Waals surface area contributed by atoms with Crippen LogP contribution in [0.5, 0.6) is 5.75 Å². The lowest BCUT2D eigenvalue weighted by atomic mass is 9.92. The predicted molar refractivity (Wildman–Crippen MR) is 87.9 cm³/mol. The second kappa shape index (κ2) is 5.26. The van der Waals surface area contributed by atoms with E-state index in [0.29, 0.717) is 6.42 Å². The number of benzene rings is 1. The summed E-state index contributed by atoms with van der Waals surface area (Å²) >= 11 is 3.47. The van der Waals surface area contributed by atoms with Gasteiger partial charge in [-0.2, -0.15) is 4.40 Å². The van der Waals surface area contributed by atoms with E-state index in [9.17, 15) is 4.21 Å². The van der Waals surface area contributed by atoms with Gasteiger partial charge in [-0.25, -0.2) is 4.21 Å². The van der Waals surface area contributed by atoms with Crippen molar-refractivity contribution in [1.29, 1.82) is 0 Å². The molecule has 0 N–H and O–H groups in total. The summed E-state index contributed by atoms with van der Waals surface area (Å²) < 4.78 is 23.4. The normalized spacial score (nSPS) is 21.2. The van der Waals surface area contributed by atoms with Gasteiger partial charge in [-0.3, -0.25) is 0 Å². The van der Waals surface area contributed by atoms with Crippen molar-refractivity contribution >= 4 is 32.6 Å². The highest BCUT2D eigenvalue weighted by Gasteiger charge is 2.32. The third-order valence-corrected chi connectivity index (χ3v) is 4.88. The zero-order chi connectivity index (χ0) is 15.1. The van der Waals surface area contributed by atoms with E-state index in [2.05, 4.69) is 20.3 Å². The Morgan fingerprint density at radius 2 is 2.00 bits per heavy atom. The lowest BCUT2D eigenvalue weighted by Gasteiger charge is -2.33. The first-order chi connectivity index (χ1) is 9.08. The standard InChI is InChI=1S/C15H20BrNO2S/c1-14(2,3)20(18)17-12-9-15(4,5)19-13-7-6-10(16)8-11(12)13/h6-8H,9H2,1-5H3. The van der Waals surface area contributed by atoms with Gasteiger partial charge in [-0.05, 0) is 52.8 Å². The van der Waals surface area contributed by atoms with Crippen LogP contribution in [0.2, 0.25) is 0 Å². The summed E-state index contributed by atoms with van der Waals surface area (Å²) in [6.07, 6.45) is 0.651. The van der Waals surface area contributed by atoms with E-state index in [4.69, 9.17) is 4.74 Å². The molecule has 0 saturated carbocycles. The summed E-state index contributed by atoms with van der Waals surface area (Å²) in [6, 6.07) is 5.84. The van der Waals surface area contributed by atoms with Crippen molar-refractivity contribution in [2.24, 2.45) is 4.40 Å². The Labute approximate surface area is 131 Å². The van der Waals surface area contributed by atoms with Gasteiger partial charge in [0, 0.05) is 16.5 Å². The van der Waals surface area contributed by atoms with Crippen molar-refractivity contribution in [1.82, 2.24) is 0 Å². The van der Waals surface area contributed by atoms with Crippen molar-refractivity contribution in [3.8, 4) is 5.75 Å². The smallest absolute Gasteiger partial charge is 0.145 e. The van der Waals surface area contributed by atoms with E-state index in [-0.39, 0.29) is 10.3 Å². The lowest BCUT2D eigenvalue weighted by Crippen LogP contribution is -2.36. The monoisotopic (exact) mass is 357 g/mol. The number of hydrogen-bond acceptors (Lipinski definition) is 2. The second-order valence-electron chi connectivity index (χ2n) is 6.58. The predicted octanol–water partition coefficient (Wildman–Crippen LogP) is 4.26. The minimum atomic E-state index is -1.26. The van der Waals surface area contributed by atoms with Crippen LogP contribution in [-0.2, 0) is 11.0 Å². The van der Waals surface area contributed by atoms with Crippen LogP contribution >= 0.6 is 15.9 Å². The van der Waals surface area contributed by atoms with Crippen molar-refractivity contribution in [2.75, 3.05) is 0 Å². The number of rotatable bonds is 1. The molecule has 2 rings (SSSR count). The van der Waals surface area contributed by atoms with Crippen molar-refractivity contribution < 1.29 is 8.95 Å². The number of fused-ring (bicyclic) bond motifs is 1. The van der Waals surface area contributed by atoms with Crippen LogP contribution in [-0.4, -0.2) is 20.3 Å². The van der Waals surface area contributed by atoms with Crippen LogP contribution in [0.1, 0.15) is 46.6 Å². The van der Waals surface area contributed by atoms with Crippen LogP contribution in [0.25, 0.3) is 0 Å². The number of nitrogens with zero attached hydrogens (tertiary/aromatic N) is 1. The van der Waals surface area contributed by atoms with Gasteiger partial charge in [0.15, 0.2) is 0 Å². The molecule has 0 spiro atoms. The molecule has 1 aromatic rings. The number of halogens is 1. The lowest BCUT2D eigenvalue weighted by molar-refractivity contribution is 0.111. The van der Waals surface area contributed by atoms with Crippen molar-refractivity contribution in [3.05, 3.63) is 28.2 Å². The minimum Gasteiger partial charge on any atom is -0.487 e. The van der Waals surface area contributed by atoms with Gasteiger partial charge >= 0.3 is 0 Å². The molecule has 20 heavy (non-hydrogen) atoms. The molecule has 0 saturated heterocycles. The molecule has 0 radical (unpaired) electrons. The molecule has 0 aromatic heterocycles. The molecule has 1 aliphatic heterocycles. The first-order valence-corrected chi connectivity index (χ1v) is 8.47. The molecule has 5 heteroatoms. The average Bonchev–Trinajstić information content (AvgIpc) is 2.27. The molecule has 1 aromatic carbocycles. The second-order valence-corrected chi connectivity index (χ2v) is 9.40. The molecular formula is C15H20BrNO2S. The van der Waals surface area contributed by atoms with Crippen LogP contribution in [0, 0.1) is 0 Å². The van der Waals surface area contributed by atoms with E-state index < -0.39 is 11.0 Å². The van der Waals surface area contributed by atoms with Crippen LogP contribution < -0.4 is 4.74 Å². The van der Waals surface area contributed by atoms with Crippen LogP contribution in [0.3, 0.4) is 0 Å². The van der Waals surface area contributed by atoms with Crippen molar-refractivity contribution in [2.45, 2.75) is 51.4 Å². The molecule has 1 unspecified atom stereocenters. The largest absolute Gasteiger partial charge is 0.487 e. The van der Waals surface area contributed by atoms with Gasteiger partial charge in [0.2, 0.25) is 0 Å². The summed E-state index contributed by atoms with van der Waals surface area (Å²) in [5, 5.41) is 0. The Morgan fingerprint density at radius 3 is 2.60 bits per heavy atom. The van der Waals surface area contributed by atoms with E-state index in [1.165, 1.54) is 0 Å². The van der Waals surface area contributed by atoms with Crippen molar-refractivity contribution in [3.63, 3.8) is 0 Å². The Morgan fingerprint density at radius 1 is 1.35 bits per heavy atom. The maximum atomic E-state index is 12.3. The maximum absolute atomic E-state index is 12.3. The average molecular weight is 358 g/mol. The molecule has 1 atom stereocenters. The van der Waals surface area contributed by atoms with Crippen LogP contribution in [0.4, 0.5) is 0 Å². The molecule has 0 aliphatic carbocycles. The fourth-order valence-electron chi connectivity index (χ4n) is 1.97. The van der Waals surface area contributed by atoms with Gasteiger partial charge in [0.25, 0.3) is 0 Å². The fraction of sp³-hybridized carbons (Fsp3) is 0.533. The van der Waals surface area contributed by atoms with E-state index in [1.807, 2.05) is 52.8 Å². The Bertz CT molecular complexity index is 588. The van der Waals surface area contributed by atoms with Gasteiger partial charge in [-0.15, -0.1) is 0 Å². The third kappa shape index (κ3) is 3.50. The third-order valence-electron chi connectivity index (χ3n) is 2.95. The molecule has 110 valence electrons. The quantitative estimate of drug-likeness (QED) is 0.752. The highest BCUT2D eigenvalue weighted by atomic mass is 79.9. The molecule has 0 amide bonds. The minimum absolute atomic E-state index is 0.332. The first kappa shape index (κ1) is 15.7. The molecular weight excluding hydrogens is 338 g/mol. The van der Waals surface area contributed by atoms with Crippen LogP contribution in [0.15, 0.2) is 27.1 Å². The van der Waals surface area contributed by atoms with Gasteiger partial charge in [-0.1, -0.05) is 15.9 Å². The number of ether oxygens (including phenoxy) is 1. The molecule has 0 fully saturated rings. The highest BCUT2D eigenvalue weighted by Crippen LogP contribution is 2.35. The molecule has 1 heterocycles. The summed E-state index contributed by atoms with van der Waals surface area (Å²) in [6.45, 7) is 9.83. The Kier molecular flexibility index (Phi) is 4.13. The van der Waals surface area contributed by atoms with Gasteiger partial charge in [0.1, 0.15) is 22.3 Å². The zero-order valence-electron chi connectivity index (χ0n) is 12.5. The van der Waals surface area contributed by atoms with E-state index >= 15 is 0 Å². The summed E-state index contributed by atoms with van der Waals surface area (Å²) in [7, 11) is -1.26. The van der Waals surface area contributed by atoms with E-state index in [1.54, 1.807) is 0 Å². The topological polar surface area (TPSA) is 38.7 Å². The Hall–Kier alpha value is -0.680. The summed E-state index contributed by atoms with van der Waals surface area (Å²) in [5.74, 6) is 0.800.